The van der Waals surface area contributed by atoms with Gasteiger partial charge >= 0.3 is 0 Å². The standard InChI is InChI=1S/C28H25N3O4/c1-34-24-14-8-12-19(27(24)35-2)25-26-20(18-11-6-7-13-21(18)30-26)15-22(31-25)28(33)29-16-23(32)17-9-4-3-5-10-17/h3-15,23,30,32H,16H2,1-2H3,(H,29,33)/t23-/m1/s1. The number of methoxy groups -OCH3 is 2. The van der Waals surface area contributed by atoms with Gasteiger partial charge in [0.1, 0.15) is 5.69 Å². The minimum Gasteiger partial charge on any atom is -0.493 e. The fourth-order valence-corrected chi connectivity index (χ4v) is 4.30. The fourth-order valence-electron chi connectivity index (χ4n) is 4.30. The molecule has 0 bridgehead atoms. The van der Waals surface area contributed by atoms with Gasteiger partial charge in [0.05, 0.1) is 31.5 Å². The van der Waals surface area contributed by atoms with Gasteiger partial charge in [0.15, 0.2) is 11.5 Å². The van der Waals surface area contributed by atoms with Crippen molar-refractivity contribution in [1.82, 2.24) is 15.3 Å². The van der Waals surface area contributed by atoms with Crippen molar-refractivity contribution in [3.63, 3.8) is 0 Å². The third-order valence-corrected chi connectivity index (χ3v) is 6.03. The first-order valence-corrected chi connectivity index (χ1v) is 11.2. The summed E-state index contributed by atoms with van der Waals surface area (Å²) in [7, 11) is 3.15. The molecule has 5 aromatic rings. The monoisotopic (exact) mass is 467 g/mol. The first kappa shape index (κ1) is 22.4. The van der Waals surface area contributed by atoms with Crippen LogP contribution in [0, 0.1) is 0 Å². The number of nitrogens with zero attached hydrogens (tertiary/aromatic N) is 1. The van der Waals surface area contributed by atoms with E-state index in [0.29, 0.717) is 22.8 Å². The average Bonchev–Trinajstić information content (AvgIpc) is 3.29. The Bertz CT molecular complexity index is 1510. The summed E-state index contributed by atoms with van der Waals surface area (Å²) in [5, 5.41) is 15.1. The molecule has 7 heteroatoms. The van der Waals surface area contributed by atoms with Crippen LogP contribution in [0.2, 0.25) is 0 Å². The van der Waals surface area contributed by atoms with Gasteiger partial charge in [0.25, 0.3) is 5.91 Å². The molecular weight excluding hydrogens is 442 g/mol. The quantitative estimate of drug-likeness (QED) is 0.318. The van der Waals surface area contributed by atoms with E-state index in [1.54, 1.807) is 20.3 Å². The number of H-pyrrole nitrogens is 1. The van der Waals surface area contributed by atoms with E-state index < -0.39 is 6.10 Å². The molecule has 3 N–H and O–H groups in total. The number of aliphatic hydroxyl groups excluding tert-OH is 1. The molecule has 0 aliphatic heterocycles. The number of carbonyl (C=O) groups is 1. The lowest BCUT2D eigenvalue weighted by molar-refractivity contribution is 0.0911. The number of ether oxygens (including phenoxy) is 2. The Hall–Kier alpha value is -4.36. The number of para-hydroxylation sites is 2. The average molecular weight is 468 g/mol. The van der Waals surface area contributed by atoms with Crippen molar-refractivity contribution in [3.05, 3.63) is 90.1 Å². The molecule has 2 aromatic heterocycles. The molecule has 0 aliphatic carbocycles. The highest BCUT2D eigenvalue weighted by atomic mass is 16.5. The SMILES string of the molecule is COc1cccc(-c2nc(C(=O)NC[C@@H](O)c3ccccc3)cc3c2[nH]c2ccccc23)c1OC. The predicted octanol–water partition coefficient (Wildman–Crippen LogP) is 4.86. The summed E-state index contributed by atoms with van der Waals surface area (Å²) in [6.45, 7) is 0.0638. The van der Waals surface area contributed by atoms with E-state index in [1.807, 2.05) is 72.8 Å². The molecule has 0 saturated carbocycles. The molecule has 1 atom stereocenters. The summed E-state index contributed by atoms with van der Waals surface area (Å²) in [5.74, 6) is 0.715. The second-order valence-corrected chi connectivity index (χ2v) is 8.13. The zero-order valence-electron chi connectivity index (χ0n) is 19.4. The predicted molar refractivity (Wildman–Crippen MR) is 136 cm³/mol. The molecule has 176 valence electrons. The number of hydrogen-bond donors (Lipinski definition) is 3. The Kier molecular flexibility index (Phi) is 6.08. The summed E-state index contributed by atoms with van der Waals surface area (Å²) in [5.41, 5.74) is 3.96. The number of aromatic nitrogens is 2. The number of aromatic amines is 1. The first-order chi connectivity index (χ1) is 17.1. The van der Waals surface area contributed by atoms with Crippen LogP contribution in [-0.2, 0) is 0 Å². The van der Waals surface area contributed by atoms with Crippen molar-refractivity contribution < 1.29 is 19.4 Å². The Morgan fingerprint density at radius 1 is 0.971 bits per heavy atom. The zero-order chi connectivity index (χ0) is 24.4. The number of benzene rings is 3. The topological polar surface area (TPSA) is 96.5 Å². The molecular formula is C28H25N3O4. The van der Waals surface area contributed by atoms with Gasteiger partial charge in [-0.15, -0.1) is 0 Å². The maximum atomic E-state index is 13.2. The van der Waals surface area contributed by atoms with Crippen molar-refractivity contribution in [2.75, 3.05) is 20.8 Å². The van der Waals surface area contributed by atoms with Crippen LogP contribution < -0.4 is 14.8 Å². The lowest BCUT2D eigenvalue weighted by atomic mass is 10.0. The highest BCUT2D eigenvalue weighted by Gasteiger charge is 2.21. The Balaban J connectivity index is 1.60. The van der Waals surface area contributed by atoms with Gasteiger partial charge in [-0.1, -0.05) is 54.6 Å². The van der Waals surface area contributed by atoms with Gasteiger partial charge < -0.3 is 24.9 Å². The molecule has 0 saturated heterocycles. The number of rotatable bonds is 7. The number of hydrogen-bond acceptors (Lipinski definition) is 5. The number of carbonyl (C=O) groups excluding carboxylic acids is 1. The number of aliphatic hydroxyl groups is 1. The molecule has 5 rings (SSSR count). The highest BCUT2D eigenvalue weighted by Crippen LogP contribution is 2.41. The van der Waals surface area contributed by atoms with E-state index in [4.69, 9.17) is 14.5 Å². The summed E-state index contributed by atoms with van der Waals surface area (Å²) in [6.07, 6.45) is -0.824. The van der Waals surface area contributed by atoms with Crippen LogP contribution in [0.1, 0.15) is 22.2 Å². The number of pyridine rings is 1. The molecule has 7 nitrogen and oxygen atoms in total. The number of amides is 1. The smallest absolute Gasteiger partial charge is 0.270 e. The van der Waals surface area contributed by atoms with E-state index in [-0.39, 0.29) is 18.1 Å². The minimum absolute atomic E-state index is 0.0638. The Morgan fingerprint density at radius 2 is 1.74 bits per heavy atom. The third kappa shape index (κ3) is 4.18. The van der Waals surface area contributed by atoms with Gasteiger partial charge in [0.2, 0.25) is 0 Å². The van der Waals surface area contributed by atoms with Crippen molar-refractivity contribution >= 4 is 27.7 Å². The summed E-state index contributed by atoms with van der Waals surface area (Å²) in [4.78, 5) is 21.4. The van der Waals surface area contributed by atoms with E-state index >= 15 is 0 Å². The van der Waals surface area contributed by atoms with Crippen LogP contribution in [0.3, 0.4) is 0 Å². The molecule has 0 unspecified atom stereocenters. The van der Waals surface area contributed by atoms with E-state index in [0.717, 1.165) is 27.4 Å². The Labute approximate surface area is 202 Å². The van der Waals surface area contributed by atoms with Crippen molar-refractivity contribution in [3.8, 4) is 22.8 Å². The second-order valence-electron chi connectivity index (χ2n) is 8.13. The van der Waals surface area contributed by atoms with Gasteiger partial charge in [-0.3, -0.25) is 4.79 Å². The number of fused-ring (bicyclic) bond motifs is 3. The molecule has 2 heterocycles. The highest BCUT2D eigenvalue weighted by molar-refractivity contribution is 6.13. The van der Waals surface area contributed by atoms with Crippen LogP contribution in [0.15, 0.2) is 78.9 Å². The van der Waals surface area contributed by atoms with E-state index in [1.165, 1.54) is 0 Å². The maximum absolute atomic E-state index is 13.2. The molecule has 0 spiro atoms. The van der Waals surface area contributed by atoms with E-state index in [9.17, 15) is 9.90 Å². The number of nitrogens with one attached hydrogen (secondary N) is 2. The van der Waals surface area contributed by atoms with Gasteiger partial charge in [-0.25, -0.2) is 4.98 Å². The van der Waals surface area contributed by atoms with Gasteiger partial charge in [0, 0.05) is 28.4 Å². The van der Waals surface area contributed by atoms with Crippen LogP contribution in [-0.4, -0.2) is 41.7 Å². The third-order valence-electron chi connectivity index (χ3n) is 6.03. The summed E-state index contributed by atoms with van der Waals surface area (Å²) >= 11 is 0. The van der Waals surface area contributed by atoms with Gasteiger partial charge in [-0.05, 0) is 29.8 Å². The Morgan fingerprint density at radius 3 is 2.51 bits per heavy atom. The van der Waals surface area contributed by atoms with Gasteiger partial charge in [-0.2, -0.15) is 0 Å². The van der Waals surface area contributed by atoms with Crippen molar-refractivity contribution in [2.24, 2.45) is 0 Å². The second kappa shape index (κ2) is 9.48. The maximum Gasteiger partial charge on any atom is 0.270 e. The molecule has 0 radical (unpaired) electrons. The van der Waals surface area contributed by atoms with Crippen LogP contribution in [0.4, 0.5) is 0 Å². The lowest BCUT2D eigenvalue weighted by Gasteiger charge is -2.15. The van der Waals surface area contributed by atoms with Crippen LogP contribution >= 0.6 is 0 Å². The van der Waals surface area contributed by atoms with Crippen molar-refractivity contribution in [1.29, 1.82) is 0 Å². The molecule has 0 fully saturated rings. The fraction of sp³-hybridized carbons (Fsp3) is 0.143. The normalized spacial score (nSPS) is 12.0. The molecule has 35 heavy (non-hydrogen) atoms. The van der Waals surface area contributed by atoms with Crippen LogP contribution in [0.25, 0.3) is 33.1 Å². The zero-order valence-corrected chi connectivity index (χ0v) is 19.4. The minimum atomic E-state index is -0.824. The lowest BCUT2D eigenvalue weighted by Crippen LogP contribution is -2.29. The summed E-state index contributed by atoms with van der Waals surface area (Å²) in [6, 6.07) is 24.4. The van der Waals surface area contributed by atoms with Crippen molar-refractivity contribution in [2.45, 2.75) is 6.10 Å². The van der Waals surface area contributed by atoms with E-state index in [2.05, 4.69) is 10.3 Å². The first-order valence-electron chi connectivity index (χ1n) is 11.2. The molecule has 1 amide bonds. The molecule has 0 aliphatic rings. The van der Waals surface area contributed by atoms with Crippen LogP contribution in [0.5, 0.6) is 11.5 Å². The largest absolute Gasteiger partial charge is 0.493 e. The summed E-state index contributed by atoms with van der Waals surface area (Å²) < 4.78 is 11.1. The molecule has 3 aromatic carbocycles.